The van der Waals surface area contributed by atoms with Crippen LogP contribution in [-0.4, -0.2) is 76.2 Å². The Morgan fingerprint density at radius 1 is 0.963 bits per heavy atom. The molecule has 0 bridgehead atoms. The number of amides is 3. The highest BCUT2D eigenvalue weighted by Crippen LogP contribution is 2.08. The van der Waals surface area contributed by atoms with Crippen molar-refractivity contribution in [1.82, 2.24) is 16.0 Å². The van der Waals surface area contributed by atoms with Crippen LogP contribution in [0, 0.1) is 5.92 Å². The maximum Gasteiger partial charge on any atom is 0.326 e. The highest BCUT2D eigenvalue weighted by Gasteiger charge is 2.31. The fourth-order valence-corrected chi connectivity index (χ4v) is 2.38. The summed E-state index contributed by atoms with van der Waals surface area (Å²) in [5, 5.41) is 25.5. The molecule has 0 aromatic rings. The van der Waals surface area contributed by atoms with Gasteiger partial charge in [-0.05, 0) is 5.92 Å². The number of nitrogens with one attached hydrogen (secondary N) is 3. The van der Waals surface area contributed by atoms with E-state index in [1.54, 1.807) is 13.8 Å². The number of aliphatic carboxylic acids is 1. The van der Waals surface area contributed by atoms with E-state index in [1.807, 2.05) is 0 Å². The molecular formula is C15H28N4O6S2. The number of nitrogens with two attached hydrogens (primary N) is 1. The van der Waals surface area contributed by atoms with E-state index in [0.717, 1.165) is 0 Å². The number of carbonyl (C=O) groups excluding carboxylic acids is 3. The molecule has 12 heteroatoms. The van der Waals surface area contributed by atoms with E-state index in [0.29, 0.717) is 6.42 Å². The van der Waals surface area contributed by atoms with Gasteiger partial charge in [-0.15, -0.1) is 0 Å². The lowest BCUT2D eigenvalue weighted by molar-refractivity contribution is -0.143. The first-order chi connectivity index (χ1) is 12.6. The van der Waals surface area contributed by atoms with E-state index < -0.39 is 54.5 Å². The number of thiol groups is 2. The summed E-state index contributed by atoms with van der Waals surface area (Å²) in [5.74, 6) is -3.85. The fourth-order valence-electron chi connectivity index (χ4n) is 1.96. The zero-order valence-corrected chi connectivity index (χ0v) is 17.0. The van der Waals surface area contributed by atoms with Crippen molar-refractivity contribution < 1.29 is 29.4 Å². The zero-order chi connectivity index (χ0) is 21.1. The summed E-state index contributed by atoms with van der Waals surface area (Å²) >= 11 is 7.86. The van der Waals surface area contributed by atoms with E-state index in [2.05, 4.69) is 41.2 Å². The molecule has 5 atom stereocenters. The summed E-state index contributed by atoms with van der Waals surface area (Å²) in [7, 11) is 0. The van der Waals surface area contributed by atoms with Gasteiger partial charge in [0.2, 0.25) is 17.7 Å². The molecule has 156 valence electrons. The summed E-state index contributed by atoms with van der Waals surface area (Å²) in [5.41, 5.74) is 5.49. The van der Waals surface area contributed by atoms with Gasteiger partial charge in [0.15, 0.2) is 0 Å². The fraction of sp³-hybridized carbons (Fsp3) is 0.733. The van der Waals surface area contributed by atoms with Crippen molar-refractivity contribution in [3.8, 4) is 0 Å². The van der Waals surface area contributed by atoms with E-state index in [9.17, 15) is 29.4 Å². The Morgan fingerprint density at radius 3 is 1.89 bits per heavy atom. The van der Waals surface area contributed by atoms with Crippen molar-refractivity contribution in [2.24, 2.45) is 11.7 Å². The Bertz CT molecular complexity index is 536. The smallest absolute Gasteiger partial charge is 0.326 e. The minimum Gasteiger partial charge on any atom is -0.480 e. The third kappa shape index (κ3) is 8.37. The molecule has 0 heterocycles. The molecule has 27 heavy (non-hydrogen) atoms. The van der Waals surface area contributed by atoms with Crippen molar-refractivity contribution in [2.45, 2.75) is 44.4 Å². The van der Waals surface area contributed by atoms with Crippen LogP contribution in [0.5, 0.6) is 0 Å². The minimum absolute atomic E-state index is 0.0411. The first kappa shape index (κ1) is 25.5. The van der Waals surface area contributed by atoms with Gasteiger partial charge in [0, 0.05) is 11.5 Å². The largest absolute Gasteiger partial charge is 0.480 e. The number of hydrogen-bond acceptors (Lipinski definition) is 8. The summed E-state index contributed by atoms with van der Waals surface area (Å²) in [6.07, 6.45) is 0.527. The number of hydrogen-bond donors (Lipinski definition) is 8. The van der Waals surface area contributed by atoms with E-state index in [1.165, 1.54) is 0 Å². The maximum absolute atomic E-state index is 12.3. The highest BCUT2D eigenvalue weighted by atomic mass is 32.1. The topological polar surface area (TPSA) is 171 Å². The Morgan fingerprint density at radius 2 is 1.48 bits per heavy atom. The molecule has 0 aromatic carbocycles. The number of aliphatic hydroxyl groups is 1. The van der Waals surface area contributed by atoms with Gasteiger partial charge in [0.05, 0.1) is 12.6 Å². The lowest BCUT2D eigenvalue weighted by Crippen LogP contribution is -2.59. The average Bonchev–Trinajstić information content (AvgIpc) is 2.65. The van der Waals surface area contributed by atoms with Crippen LogP contribution in [0.4, 0.5) is 0 Å². The summed E-state index contributed by atoms with van der Waals surface area (Å²) in [4.78, 5) is 47.6. The van der Waals surface area contributed by atoms with E-state index in [4.69, 9.17) is 5.73 Å². The molecule has 0 aliphatic heterocycles. The Labute approximate surface area is 168 Å². The third-order valence-electron chi connectivity index (χ3n) is 3.94. The van der Waals surface area contributed by atoms with Crippen molar-refractivity contribution >= 4 is 48.9 Å². The second-order valence-corrected chi connectivity index (χ2v) is 6.72. The number of aliphatic hydroxyl groups excluding tert-OH is 1. The molecule has 10 nitrogen and oxygen atoms in total. The van der Waals surface area contributed by atoms with Gasteiger partial charge in [0.1, 0.15) is 18.1 Å². The molecule has 3 amide bonds. The predicted octanol–water partition coefficient (Wildman–Crippen LogP) is -2.25. The van der Waals surface area contributed by atoms with Crippen LogP contribution in [0.2, 0.25) is 0 Å². The van der Waals surface area contributed by atoms with E-state index >= 15 is 0 Å². The van der Waals surface area contributed by atoms with Gasteiger partial charge in [-0.25, -0.2) is 4.79 Å². The number of carbonyl (C=O) groups is 4. The lowest BCUT2D eigenvalue weighted by atomic mass is 9.99. The van der Waals surface area contributed by atoms with Crippen molar-refractivity contribution in [1.29, 1.82) is 0 Å². The second-order valence-electron chi connectivity index (χ2n) is 5.99. The Balaban J connectivity index is 5.01. The van der Waals surface area contributed by atoms with Crippen LogP contribution < -0.4 is 21.7 Å². The van der Waals surface area contributed by atoms with Crippen molar-refractivity contribution in [2.75, 3.05) is 18.1 Å². The first-order valence-corrected chi connectivity index (χ1v) is 9.61. The Hall–Kier alpha value is -1.50. The van der Waals surface area contributed by atoms with Crippen LogP contribution in [0.15, 0.2) is 0 Å². The van der Waals surface area contributed by atoms with Gasteiger partial charge in [-0.2, -0.15) is 25.3 Å². The third-order valence-corrected chi connectivity index (χ3v) is 4.70. The lowest BCUT2D eigenvalue weighted by Gasteiger charge is -2.25. The monoisotopic (exact) mass is 424 g/mol. The molecule has 0 radical (unpaired) electrons. The molecule has 0 aliphatic carbocycles. The SMILES string of the molecule is CCC(C)C(NC(=O)C(CS)NC(=O)C(CO)NC(=O)C(N)CS)C(=O)O. The molecule has 0 rings (SSSR count). The van der Waals surface area contributed by atoms with Crippen LogP contribution in [-0.2, 0) is 19.2 Å². The number of carboxylic acid groups (broad SMARTS) is 1. The quantitative estimate of drug-likeness (QED) is 0.164. The van der Waals surface area contributed by atoms with Gasteiger partial charge < -0.3 is 31.9 Å². The van der Waals surface area contributed by atoms with Crippen LogP contribution in [0.25, 0.3) is 0 Å². The molecule has 0 aromatic heterocycles. The average molecular weight is 425 g/mol. The number of carboxylic acids is 1. The normalized spacial score (nSPS) is 16.4. The predicted molar refractivity (Wildman–Crippen MR) is 106 cm³/mol. The van der Waals surface area contributed by atoms with Gasteiger partial charge in [0.25, 0.3) is 0 Å². The summed E-state index contributed by atoms with van der Waals surface area (Å²) in [6, 6.07) is -4.57. The van der Waals surface area contributed by atoms with Crippen LogP contribution in [0.3, 0.4) is 0 Å². The van der Waals surface area contributed by atoms with Gasteiger partial charge in [-0.1, -0.05) is 20.3 Å². The zero-order valence-electron chi connectivity index (χ0n) is 15.2. The van der Waals surface area contributed by atoms with Crippen LogP contribution in [0.1, 0.15) is 20.3 Å². The first-order valence-electron chi connectivity index (χ1n) is 8.34. The molecule has 0 fully saturated rings. The molecule has 0 spiro atoms. The van der Waals surface area contributed by atoms with Crippen LogP contribution >= 0.6 is 25.3 Å². The second kappa shape index (κ2) is 12.8. The standard InChI is InChI=1S/C15H28N4O6S2/c1-3-7(2)11(15(24)25)19-14(23)10(6-27)18-13(22)9(4-20)17-12(21)8(16)5-26/h7-11,20,26-27H,3-6,16H2,1-2H3,(H,17,21)(H,18,22)(H,19,23)(H,24,25). The molecule has 0 aliphatic rings. The maximum atomic E-state index is 12.3. The number of rotatable bonds is 12. The molecule has 5 unspecified atom stereocenters. The van der Waals surface area contributed by atoms with Crippen molar-refractivity contribution in [3.63, 3.8) is 0 Å². The molecular weight excluding hydrogens is 396 g/mol. The summed E-state index contributed by atoms with van der Waals surface area (Å²) in [6.45, 7) is 2.74. The summed E-state index contributed by atoms with van der Waals surface area (Å²) < 4.78 is 0. The van der Waals surface area contributed by atoms with Gasteiger partial charge >= 0.3 is 5.97 Å². The Kier molecular flexibility index (Phi) is 12.1. The molecule has 7 N–H and O–H groups in total. The highest BCUT2D eigenvalue weighted by molar-refractivity contribution is 7.80. The van der Waals surface area contributed by atoms with Gasteiger partial charge in [-0.3, -0.25) is 14.4 Å². The molecule has 0 saturated heterocycles. The molecule has 0 saturated carbocycles. The minimum atomic E-state index is -1.33. The van der Waals surface area contributed by atoms with E-state index in [-0.39, 0.29) is 17.4 Å². The van der Waals surface area contributed by atoms with Crippen molar-refractivity contribution in [3.05, 3.63) is 0 Å².